The van der Waals surface area contributed by atoms with Gasteiger partial charge in [-0.3, -0.25) is 24.5 Å². The number of aromatic nitrogens is 4. The minimum absolute atomic E-state index is 0.00754. The summed E-state index contributed by atoms with van der Waals surface area (Å²) < 4.78 is 31.8. The number of nitrogens with one attached hydrogen (secondary N) is 2. The Hall–Kier alpha value is -5.52. The average Bonchev–Trinajstić information content (AvgIpc) is 3.72. The lowest BCUT2D eigenvalue weighted by molar-refractivity contribution is -0.118. The third-order valence-electron chi connectivity index (χ3n) is 8.78. The van der Waals surface area contributed by atoms with Gasteiger partial charge in [0.1, 0.15) is 42.0 Å². The first-order valence-corrected chi connectivity index (χ1v) is 16.3. The van der Waals surface area contributed by atoms with Crippen LogP contribution in [-0.2, 0) is 24.6 Å². The minimum Gasteiger partial charge on any atom is -0.497 e. The maximum absolute atomic E-state index is 13.0. The Morgan fingerprint density at radius 1 is 1.02 bits per heavy atom. The molecule has 0 radical (unpaired) electrons. The van der Waals surface area contributed by atoms with Gasteiger partial charge < -0.3 is 28.8 Å². The molecule has 3 unspecified atom stereocenters. The Kier molecular flexibility index (Phi) is 10.5. The number of carbonyl (C=O) groups excluding carboxylic acids is 1. The molecule has 3 aromatic carbocycles. The maximum Gasteiger partial charge on any atom is 0.280 e. The van der Waals surface area contributed by atoms with Gasteiger partial charge in [0.25, 0.3) is 5.56 Å². The first kappa shape index (κ1) is 35.3. The van der Waals surface area contributed by atoms with E-state index < -0.39 is 35.7 Å². The van der Waals surface area contributed by atoms with Gasteiger partial charge in [-0.05, 0) is 41.0 Å². The summed E-state index contributed by atoms with van der Waals surface area (Å²) in [5.41, 5.74) is 0.784. The predicted molar refractivity (Wildman–Crippen MR) is 188 cm³/mol. The van der Waals surface area contributed by atoms with E-state index in [9.17, 15) is 14.7 Å². The van der Waals surface area contributed by atoms with Crippen molar-refractivity contribution in [3.63, 3.8) is 0 Å². The molecule has 2 aromatic heterocycles. The van der Waals surface area contributed by atoms with Crippen LogP contribution >= 0.6 is 0 Å². The number of hydrogen-bond acceptors (Lipinski definition) is 10. The Morgan fingerprint density at radius 2 is 1.63 bits per heavy atom. The normalized spacial score (nSPS) is 18.8. The van der Waals surface area contributed by atoms with Crippen LogP contribution in [0.3, 0.4) is 0 Å². The number of imidazole rings is 1. The Morgan fingerprint density at radius 3 is 2.20 bits per heavy atom. The van der Waals surface area contributed by atoms with Crippen LogP contribution in [0.5, 0.6) is 11.5 Å². The number of benzene rings is 3. The van der Waals surface area contributed by atoms with Gasteiger partial charge in [0.15, 0.2) is 17.4 Å². The van der Waals surface area contributed by atoms with Crippen molar-refractivity contribution in [2.45, 2.75) is 44.0 Å². The number of aliphatic hydroxyl groups excluding tert-OH is 1. The van der Waals surface area contributed by atoms with Crippen molar-refractivity contribution in [2.24, 2.45) is 5.92 Å². The molecular formula is C38H39N5O8. The van der Waals surface area contributed by atoms with Gasteiger partial charge in [0.2, 0.25) is 11.9 Å². The first-order chi connectivity index (χ1) is 24.7. The van der Waals surface area contributed by atoms with Crippen molar-refractivity contribution in [2.75, 3.05) is 32.8 Å². The zero-order valence-electron chi connectivity index (χ0n) is 28.6. The Balaban J connectivity index is 1.40. The number of anilines is 1. The summed E-state index contributed by atoms with van der Waals surface area (Å²) in [6, 6.07) is 24.9. The third-order valence-corrected chi connectivity index (χ3v) is 8.78. The molecule has 1 saturated heterocycles. The van der Waals surface area contributed by atoms with E-state index in [1.807, 2.05) is 78.9 Å². The number of aromatic amines is 1. The monoisotopic (exact) mass is 693 g/mol. The van der Waals surface area contributed by atoms with E-state index in [-0.39, 0.29) is 42.2 Å². The van der Waals surface area contributed by atoms with Gasteiger partial charge in [-0.1, -0.05) is 74.4 Å². The molecule has 3 N–H and O–H groups in total. The van der Waals surface area contributed by atoms with Crippen LogP contribution in [0, 0.1) is 18.3 Å². The molecule has 6 rings (SSSR count). The van der Waals surface area contributed by atoms with Crippen LogP contribution in [0.15, 0.2) is 90.0 Å². The van der Waals surface area contributed by atoms with Crippen molar-refractivity contribution >= 4 is 23.0 Å². The van der Waals surface area contributed by atoms with Crippen molar-refractivity contribution in [1.29, 1.82) is 0 Å². The highest BCUT2D eigenvalue weighted by atomic mass is 16.6. The second-order valence-electron chi connectivity index (χ2n) is 12.2. The highest BCUT2D eigenvalue weighted by Crippen LogP contribution is 2.43. The van der Waals surface area contributed by atoms with Crippen LogP contribution in [0.25, 0.3) is 11.2 Å². The maximum atomic E-state index is 13.0. The largest absolute Gasteiger partial charge is 0.497 e. The van der Waals surface area contributed by atoms with Gasteiger partial charge in [0, 0.05) is 5.92 Å². The SMILES string of the molecule is C#CCO[C@@H]1C(O)C(COC(c2ccccc2)(c2ccc(OC)cc2)c2ccc(OC)cc2)OC1n1cnc2c(=O)[nH]c(NC(=O)C(C)C)nc21. The highest BCUT2D eigenvalue weighted by Gasteiger charge is 2.48. The smallest absolute Gasteiger partial charge is 0.280 e. The van der Waals surface area contributed by atoms with E-state index >= 15 is 0 Å². The fraction of sp³-hybridized carbons (Fsp3) is 0.316. The van der Waals surface area contributed by atoms with Gasteiger partial charge in [-0.25, -0.2) is 4.98 Å². The van der Waals surface area contributed by atoms with E-state index in [4.69, 9.17) is 30.1 Å². The summed E-state index contributed by atoms with van der Waals surface area (Å²) >= 11 is 0. The van der Waals surface area contributed by atoms with Crippen molar-refractivity contribution in [1.82, 2.24) is 19.5 Å². The lowest BCUT2D eigenvalue weighted by Gasteiger charge is -2.37. The van der Waals surface area contributed by atoms with Gasteiger partial charge in [-0.2, -0.15) is 4.98 Å². The number of carbonyl (C=O) groups is 1. The van der Waals surface area contributed by atoms with E-state index in [0.29, 0.717) is 11.5 Å². The number of terminal acetylenes is 1. The van der Waals surface area contributed by atoms with E-state index in [0.717, 1.165) is 16.7 Å². The van der Waals surface area contributed by atoms with E-state index in [1.165, 1.54) is 10.9 Å². The first-order valence-electron chi connectivity index (χ1n) is 16.3. The molecule has 264 valence electrons. The molecule has 0 saturated carbocycles. The average molecular weight is 694 g/mol. The second kappa shape index (κ2) is 15.2. The molecule has 5 aromatic rings. The number of H-pyrrole nitrogens is 1. The summed E-state index contributed by atoms with van der Waals surface area (Å²) in [6.07, 6.45) is 2.71. The van der Waals surface area contributed by atoms with Crippen LogP contribution < -0.4 is 20.3 Å². The second-order valence-corrected chi connectivity index (χ2v) is 12.2. The zero-order chi connectivity index (χ0) is 36.1. The van der Waals surface area contributed by atoms with Crippen molar-refractivity contribution < 1.29 is 33.6 Å². The summed E-state index contributed by atoms with van der Waals surface area (Å²) in [6.45, 7) is 3.19. The molecule has 0 spiro atoms. The molecule has 0 aliphatic carbocycles. The van der Waals surface area contributed by atoms with Gasteiger partial charge in [-0.15, -0.1) is 6.42 Å². The van der Waals surface area contributed by atoms with Crippen LogP contribution in [0.1, 0.15) is 36.8 Å². The van der Waals surface area contributed by atoms with E-state index in [1.54, 1.807) is 28.1 Å². The topological polar surface area (TPSA) is 159 Å². The molecule has 1 aliphatic rings. The Bertz CT molecular complexity index is 2010. The van der Waals surface area contributed by atoms with E-state index in [2.05, 4.69) is 26.2 Å². The van der Waals surface area contributed by atoms with Crippen molar-refractivity contribution in [3.8, 4) is 23.8 Å². The van der Waals surface area contributed by atoms with Gasteiger partial charge >= 0.3 is 0 Å². The fourth-order valence-corrected chi connectivity index (χ4v) is 6.12. The number of ether oxygens (including phenoxy) is 5. The standard InChI is InChI=1S/C38H39N5O8/c1-6-20-49-32-31(44)29(51-36(32)43-22-39-30-33(43)40-37(42-35(30)46)41-34(45)23(2)3)21-50-38(24-10-8-7-9-11-24,25-12-16-27(47-4)17-13-25)26-14-18-28(48-5)19-15-26/h1,7-19,22-23,29,31-32,36,44H,20-21H2,2-5H3,(H2,40,41,42,45,46)/t29?,31?,32-,36?/m1/s1. The molecule has 1 fully saturated rings. The summed E-state index contributed by atoms with van der Waals surface area (Å²) in [5, 5.41) is 14.4. The summed E-state index contributed by atoms with van der Waals surface area (Å²) in [5.74, 6) is 3.04. The molecule has 3 heterocycles. The molecule has 13 heteroatoms. The lowest BCUT2D eigenvalue weighted by Crippen LogP contribution is -2.40. The molecule has 0 bridgehead atoms. The van der Waals surface area contributed by atoms with Crippen molar-refractivity contribution in [3.05, 3.63) is 112 Å². The molecule has 13 nitrogen and oxygen atoms in total. The number of hydrogen-bond donors (Lipinski definition) is 3. The van der Waals surface area contributed by atoms with Gasteiger partial charge in [0.05, 0.1) is 27.2 Å². The zero-order valence-corrected chi connectivity index (χ0v) is 28.6. The minimum atomic E-state index is -1.23. The quantitative estimate of drug-likeness (QED) is 0.122. The fourth-order valence-electron chi connectivity index (χ4n) is 6.12. The van der Waals surface area contributed by atoms with Crippen LogP contribution in [-0.4, -0.2) is 76.3 Å². The molecule has 51 heavy (non-hydrogen) atoms. The number of aliphatic hydroxyl groups is 1. The summed E-state index contributed by atoms with van der Waals surface area (Å²) in [4.78, 5) is 36.6. The predicted octanol–water partition coefficient (Wildman–Crippen LogP) is 4.02. The highest BCUT2D eigenvalue weighted by molar-refractivity contribution is 5.91. The third kappa shape index (κ3) is 6.95. The molecule has 1 aliphatic heterocycles. The lowest BCUT2D eigenvalue weighted by atomic mass is 9.80. The number of methoxy groups -OCH3 is 2. The van der Waals surface area contributed by atoms with Crippen LogP contribution in [0.4, 0.5) is 5.95 Å². The Labute approximate surface area is 294 Å². The number of nitrogens with zero attached hydrogens (tertiary/aromatic N) is 3. The molecule has 4 atom stereocenters. The number of amides is 1. The molecular weight excluding hydrogens is 654 g/mol. The number of fused-ring (bicyclic) bond motifs is 1. The number of rotatable bonds is 13. The molecule has 1 amide bonds. The summed E-state index contributed by atoms with van der Waals surface area (Å²) in [7, 11) is 3.20. The van der Waals surface area contributed by atoms with Crippen LogP contribution in [0.2, 0.25) is 0 Å².